The van der Waals surface area contributed by atoms with Crippen molar-refractivity contribution in [2.45, 2.75) is 20.4 Å². The molecule has 2 heterocycles. The van der Waals surface area contributed by atoms with Gasteiger partial charge in [0, 0.05) is 12.7 Å². The fourth-order valence-corrected chi connectivity index (χ4v) is 2.34. The molecule has 1 N–H and O–H groups in total. The van der Waals surface area contributed by atoms with E-state index in [1.807, 2.05) is 18.2 Å². The molecule has 126 valence electrons. The minimum atomic E-state index is -0.409. The number of aryl methyl sites for hydroxylation is 1. The van der Waals surface area contributed by atoms with Gasteiger partial charge in [0.1, 0.15) is 13.2 Å². The number of nitrogens with one attached hydrogen (secondary N) is 1. The Hall–Kier alpha value is -2.83. The number of anilines is 1. The van der Waals surface area contributed by atoms with E-state index in [1.54, 1.807) is 13.8 Å². The first kappa shape index (κ1) is 16.0. The maximum absolute atomic E-state index is 11.7. The number of nitrogens with zero attached hydrogens (tertiary/aromatic N) is 2. The monoisotopic (exact) mass is 329 g/mol. The molecule has 0 radical (unpaired) electrons. The normalized spacial score (nSPS) is 12.6. The third kappa shape index (κ3) is 3.56. The summed E-state index contributed by atoms with van der Waals surface area (Å²) >= 11 is 0. The number of carbonyl (C=O) groups excluding carboxylic acids is 1. The Balaban J connectivity index is 1.66. The van der Waals surface area contributed by atoms with E-state index in [0.717, 1.165) is 17.1 Å². The van der Waals surface area contributed by atoms with Crippen LogP contribution in [0.1, 0.15) is 28.5 Å². The Bertz CT molecular complexity index is 749. The van der Waals surface area contributed by atoms with Crippen LogP contribution < -0.4 is 14.8 Å². The zero-order chi connectivity index (χ0) is 16.9. The third-order valence-corrected chi connectivity index (χ3v) is 3.53. The van der Waals surface area contributed by atoms with Crippen LogP contribution in [-0.2, 0) is 11.3 Å². The first-order valence-electron chi connectivity index (χ1n) is 7.80. The lowest BCUT2D eigenvalue weighted by molar-refractivity contribution is 0.0524. The SMILES string of the molecule is CCOC(=O)c1cnc(NCc2ccc3c(c2)OCCO3)nc1C. The molecule has 0 bridgehead atoms. The van der Waals surface area contributed by atoms with E-state index < -0.39 is 5.97 Å². The molecule has 0 saturated carbocycles. The van der Waals surface area contributed by atoms with E-state index in [4.69, 9.17) is 14.2 Å². The Labute approximate surface area is 140 Å². The molecular formula is C17H19N3O4. The van der Waals surface area contributed by atoms with Gasteiger partial charge in [-0.15, -0.1) is 0 Å². The van der Waals surface area contributed by atoms with Gasteiger partial charge in [-0.25, -0.2) is 14.8 Å². The summed E-state index contributed by atoms with van der Waals surface area (Å²) in [5, 5.41) is 3.14. The molecule has 0 spiro atoms. The summed E-state index contributed by atoms with van der Waals surface area (Å²) in [7, 11) is 0. The van der Waals surface area contributed by atoms with Gasteiger partial charge in [0.2, 0.25) is 5.95 Å². The number of ether oxygens (including phenoxy) is 3. The van der Waals surface area contributed by atoms with Gasteiger partial charge in [-0.2, -0.15) is 0 Å². The van der Waals surface area contributed by atoms with Crippen molar-refractivity contribution in [3.63, 3.8) is 0 Å². The van der Waals surface area contributed by atoms with Gasteiger partial charge in [0.25, 0.3) is 0 Å². The molecular weight excluding hydrogens is 310 g/mol. The molecule has 24 heavy (non-hydrogen) atoms. The Morgan fingerprint density at radius 3 is 2.83 bits per heavy atom. The molecule has 0 aliphatic carbocycles. The summed E-state index contributed by atoms with van der Waals surface area (Å²) in [5.74, 6) is 1.55. The number of benzene rings is 1. The van der Waals surface area contributed by atoms with E-state index in [1.165, 1.54) is 6.20 Å². The van der Waals surface area contributed by atoms with Crippen LogP contribution in [0.15, 0.2) is 24.4 Å². The lowest BCUT2D eigenvalue weighted by atomic mass is 10.2. The predicted molar refractivity (Wildman–Crippen MR) is 87.5 cm³/mol. The topological polar surface area (TPSA) is 82.6 Å². The van der Waals surface area contributed by atoms with Crippen LogP contribution in [0.3, 0.4) is 0 Å². The van der Waals surface area contributed by atoms with Gasteiger partial charge in [0.05, 0.1) is 17.9 Å². The minimum absolute atomic E-state index is 0.322. The second kappa shape index (κ2) is 7.16. The lowest BCUT2D eigenvalue weighted by Gasteiger charge is -2.19. The van der Waals surface area contributed by atoms with Crippen LogP contribution >= 0.6 is 0 Å². The Morgan fingerprint density at radius 1 is 1.29 bits per heavy atom. The van der Waals surface area contributed by atoms with Gasteiger partial charge < -0.3 is 19.5 Å². The lowest BCUT2D eigenvalue weighted by Crippen LogP contribution is -2.15. The van der Waals surface area contributed by atoms with Crippen molar-refractivity contribution in [1.29, 1.82) is 0 Å². The molecule has 0 fully saturated rings. The highest BCUT2D eigenvalue weighted by molar-refractivity contribution is 5.90. The Kier molecular flexibility index (Phi) is 4.79. The first-order chi connectivity index (χ1) is 11.7. The van der Waals surface area contributed by atoms with Crippen molar-refractivity contribution in [1.82, 2.24) is 9.97 Å². The number of aromatic nitrogens is 2. The van der Waals surface area contributed by atoms with Gasteiger partial charge in [-0.05, 0) is 31.5 Å². The van der Waals surface area contributed by atoms with Crippen molar-refractivity contribution < 1.29 is 19.0 Å². The molecule has 2 aromatic rings. The van der Waals surface area contributed by atoms with Crippen LogP contribution in [-0.4, -0.2) is 35.8 Å². The molecule has 1 aliphatic rings. The predicted octanol–water partition coefficient (Wildman–Crippen LogP) is 2.35. The first-order valence-corrected chi connectivity index (χ1v) is 7.80. The van der Waals surface area contributed by atoms with E-state index in [9.17, 15) is 4.79 Å². The molecule has 1 aliphatic heterocycles. The number of fused-ring (bicyclic) bond motifs is 1. The van der Waals surface area contributed by atoms with Crippen molar-refractivity contribution in [2.75, 3.05) is 25.1 Å². The maximum Gasteiger partial charge on any atom is 0.341 e. The van der Waals surface area contributed by atoms with Gasteiger partial charge in [-0.3, -0.25) is 0 Å². The summed E-state index contributed by atoms with van der Waals surface area (Å²) < 4.78 is 16.0. The van der Waals surface area contributed by atoms with Crippen LogP contribution in [0, 0.1) is 6.92 Å². The van der Waals surface area contributed by atoms with E-state index in [0.29, 0.717) is 43.6 Å². The van der Waals surface area contributed by atoms with E-state index in [2.05, 4.69) is 15.3 Å². The zero-order valence-electron chi connectivity index (χ0n) is 13.7. The average Bonchev–Trinajstić information content (AvgIpc) is 2.60. The quantitative estimate of drug-likeness (QED) is 0.843. The van der Waals surface area contributed by atoms with Crippen molar-refractivity contribution in [3.8, 4) is 11.5 Å². The van der Waals surface area contributed by atoms with Crippen molar-refractivity contribution >= 4 is 11.9 Å². The molecule has 0 unspecified atom stereocenters. The smallest absolute Gasteiger partial charge is 0.341 e. The van der Waals surface area contributed by atoms with Crippen LogP contribution in [0.4, 0.5) is 5.95 Å². The fraction of sp³-hybridized carbons (Fsp3) is 0.353. The fourth-order valence-electron chi connectivity index (χ4n) is 2.34. The van der Waals surface area contributed by atoms with E-state index >= 15 is 0 Å². The minimum Gasteiger partial charge on any atom is -0.486 e. The summed E-state index contributed by atoms with van der Waals surface area (Å²) in [5.41, 5.74) is 1.98. The molecule has 1 aromatic carbocycles. The molecule has 0 saturated heterocycles. The summed E-state index contributed by atoms with van der Waals surface area (Å²) in [6.07, 6.45) is 1.48. The Morgan fingerprint density at radius 2 is 2.08 bits per heavy atom. The highest BCUT2D eigenvalue weighted by Gasteiger charge is 2.14. The summed E-state index contributed by atoms with van der Waals surface area (Å²) in [4.78, 5) is 20.2. The van der Waals surface area contributed by atoms with Gasteiger partial charge in [-0.1, -0.05) is 6.07 Å². The summed E-state index contributed by atoms with van der Waals surface area (Å²) in [6, 6.07) is 5.78. The highest BCUT2D eigenvalue weighted by atomic mass is 16.6. The molecule has 7 nitrogen and oxygen atoms in total. The largest absolute Gasteiger partial charge is 0.486 e. The average molecular weight is 329 g/mol. The van der Waals surface area contributed by atoms with E-state index in [-0.39, 0.29) is 0 Å². The molecule has 7 heteroatoms. The van der Waals surface area contributed by atoms with Crippen LogP contribution in [0.2, 0.25) is 0 Å². The van der Waals surface area contributed by atoms with Crippen molar-refractivity contribution in [2.24, 2.45) is 0 Å². The number of carbonyl (C=O) groups is 1. The number of hydrogen-bond acceptors (Lipinski definition) is 7. The van der Waals surface area contributed by atoms with Crippen LogP contribution in [0.25, 0.3) is 0 Å². The number of rotatable bonds is 5. The second-order valence-electron chi connectivity index (χ2n) is 5.24. The standard InChI is InChI=1S/C17H19N3O4/c1-3-22-16(21)13-10-19-17(20-11(13)2)18-9-12-4-5-14-15(8-12)24-7-6-23-14/h4-5,8,10H,3,6-7,9H2,1-2H3,(H,18,19,20). The summed E-state index contributed by atoms with van der Waals surface area (Å²) in [6.45, 7) is 5.50. The molecule has 0 atom stereocenters. The van der Waals surface area contributed by atoms with Crippen LogP contribution in [0.5, 0.6) is 11.5 Å². The highest BCUT2D eigenvalue weighted by Crippen LogP contribution is 2.30. The molecule has 1 aromatic heterocycles. The number of hydrogen-bond donors (Lipinski definition) is 1. The third-order valence-electron chi connectivity index (χ3n) is 3.53. The second-order valence-corrected chi connectivity index (χ2v) is 5.24. The molecule has 3 rings (SSSR count). The van der Waals surface area contributed by atoms with Gasteiger partial charge in [0.15, 0.2) is 11.5 Å². The molecule has 0 amide bonds. The zero-order valence-corrected chi connectivity index (χ0v) is 13.7. The maximum atomic E-state index is 11.7. The van der Waals surface area contributed by atoms with Crippen molar-refractivity contribution in [3.05, 3.63) is 41.2 Å². The van der Waals surface area contributed by atoms with Gasteiger partial charge >= 0.3 is 5.97 Å². The number of esters is 1.